The lowest BCUT2D eigenvalue weighted by Gasteiger charge is -2.31. The SMILES string of the molecule is CC1CCN(c2cc(Cl)nc(SCc3cccc(C(=O)N4CCc5ccccc5C4)c3)n2)CC1. The van der Waals surface area contributed by atoms with Crippen molar-refractivity contribution in [3.63, 3.8) is 0 Å². The van der Waals surface area contributed by atoms with Crippen LogP contribution in [0.15, 0.2) is 59.8 Å². The van der Waals surface area contributed by atoms with E-state index in [1.807, 2.05) is 41.3 Å². The van der Waals surface area contributed by atoms with Crippen LogP contribution in [0, 0.1) is 5.92 Å². The fraction of sp³-hybridized carbons (Fsp3) is 0.370. The van der Waals surface area contributed by atoms with Gasteiger partial charge in [0, 0.05) is 43.6 Å². The van der Waals surface area contributed by atoms with E-state index in [0.29, 0.717) is 22.6 Å². The Morgan fingerprint density at radius 2 is 1.82 bits per heavy atom. The third-order valence-corrected chi connectivity index (χ3v) is 7.84. The minimum Gasteiger partial charge on any atom is -0.356 e. The van der Waals surface area contributed by atoms with Crippen molar-refractivity contribution >= 4 is 35.1 Å². The van der Waals surface area contributed by atoms with Crippen LogP contribution in [0.2, 0.25) is 5.15 Å². The smallest absolute Gasteiger partial charge is 0.254 e. The minimum atomic E-state index is 0.0852. The van der Waals surface area contributed by atoms with Gasteiger partial charge in [0.25, 0.3) is 5.91 Å². The summed E-state index contributed by atoms with van der Waals surface area (Å²) in [5.41, 5.74) is 4.39. The lowest BCUT2D eigenvalue weighted by atomic mass is 9.99. The lowest BCUT2D eigenvalue weighted by Crippen LogP contribution is -2.35. The van der Waals surface area contributed by atoms with E-state index < -0.39 is 0 Å². The molecular formula is C27H29ClN4OS. The van der Waals surface area contributed by atoms with Crippen LogP contribution in [0.3, 0.4) is 0 Å². The third-order valence-electron chi connectivity index (χ3n) is 6.73. The number of hydrogen-bond donors (Lipinski definition) is 0. The van der Waals surface area contributed by atoms with Gasteiger partial charge in [0.15, 0.2) is 5.16 Å². The second-order valence-electron chi connectivity index (χ2n) is 9.24. The lowest BCUT2D eigenvalue weighted by molar-refractivity contribution is 0.0734. The summed E-state index contributed by atoms with van der Waals surface area (Å²) >= 11 is 7.88. The van der Waals surface area contributed by atoms with Crippen LogP contribution in [-0.4, -0.2) is 40.4 Å². The normalized spacial score (nSPS) is 16.4. The molecule has 5 rings (SSSR count). The molecule has 0 N–H and O–H groups in total. The van der Waals surface area contributed by atoms with Gasteiger partial charge in [0.05, 0.1) is 0 Å². The number of nitrogens with zero attached hydrogens (tertiary/aromatic N) is 4. The number of hydrogen-bond acceptors (Lipinski definition) is 5. The van der Waals surface area contributed by atoms with Gasteiger partial charge in [-0.25, -0.2) is 9.97 Å². The van der Waals surface area contributed by atoms with Crippen LogP contribution in [0.25, 0.3) is 0 Å². The first-order chi connectivity index (χ1) is 16.5. The van der Waals surface area contributed by atoms with Crippen LogP contribution in [0.1, 0.15) is 46.8 Å². The molecule has 2 aromatic carbocycles. The van der Waals surface area contributed by atoms with E-state index in [1.54, 1.807) is 11.8 Å². The van der Waals surface area contributed by atoms with Crippen LogP contribution in [-0.2, 0) is 18.7 Å². The van der Waals surface area contributed by atoms with E-state index in [1.165, 1.54) is 24.0 Å². The van der Waals surface area contributed by atoms with Gasteiger partial charge >= 0.3 is 0 Å². The topological polar surface area (TPSA) is 49.3 Å². The zero-order chi connectivity index (χ0) is 23.5. The van der Waals surface area contributed by atoms with Crippen LogP contribution < -0.4 is 4.90 Å². The van der Waals surface area contributed by atoms with Gasteiger partial charge in [-0.1, -0.05) is 66.7 Å². The number of rotatable bonds is 5. The molecule has 3 heterocycles. The van der Waals surface area contributed by atoms with Crippen LogP contribution >= 0.6 is 23.4 Å². The molecule has 1 amide bonds. The molecule has 34 heavy (non-hydrogen) atoms. The summed E-state index contributed by atoms with van der Waals surface area (Å²) in [4.78, 5) is 26.6. The van der Waals surface area contributed by atoms with E-state index >= 15 is 0 Å². The molecule has 0 radical (unpaired) electrons. The first-order valence-electron chi connectivity index (χ1n) is 11.9. The average Bonchev–Trinajstić information content (AvgIpc) is 2.87. The molecule has 0 aliphatic carbocycles. The molecule has 0 saturated carbocycles. The second kappa shape index (κ2) is 10.4. The molecular weight excluding hydrogens is 464 g/mol. The Morgan fingerprint density at radius 1 is 1.03 bits per heavy atom. The molecule has 0 atom stereocenters. The highest BCUT2D eigenvalue weighted by Gasteiger charge is 2.22. The maximum Gasteiger partial charge on any atom is 0.254 e. The van der Waals surface area contributed by atoms with Crippen molar-refractivity contribution in [1.29, 1.82) is 0 Å². The second-order valence-corrected chi connectivity index (χ2v) is 10.6. The van der Waals surface area contributed by atoms with Crippen molar-refractivity contribution in [2.24, 2.45) is 5.92 Å². The molecule has 176 valence electrons. The van der Waals surface area contributed by atoms with Gasteiger partial charge in [0.2, 0.25) is 0 Å². The summed E-state index contributed by atoms with van der Waals surface area (Å²) < 4.78 is 0. The summed E-state index contributed by atoms with van der Waals surface area (Å²) in [7, 11) is 0. The molecule has 2 aliphatic heterocycles. The first-order valence-corrected chi connectivity index (χ1v) is 13.3. The number of aromatic nitrogens is 2. The summed E-state index contributed by atoms with van der Waals surface area (Å²) in [5.74, 6) is 2.43. The van der Waals surface area contributed by atoms with Gasteiger partial charge in [-0.3, -0.25) is 4.79 Å². The van der Waals surface area contributed by atoms with E-state index in [2.05, 4.69) is 35.0 Å². The largest absolute Gasteiger partial charge is 0.356 e. The highest BCUT2D eigenvalue weighted by atomic mass is 35.5. The van der Waals surface area contributed by atoms with Crippen molar-refractivity contribution in [3.05, 3.63) is 82.0 Å². The summed E-state index contributed by atoms with van der Waals surface area (Å²) in [6.45, 7) is 5.73. The third kappa shape index (κ3) is 5.39. The van der Waals surface area contributed by atoms with Gasteiger partial charge in [-0.2, -0.15) is 0 Å². The molecule has 2 aliphatic rings. The molecule has 7 heteroatoms. The number of carbonyl (C=O) groups excluding carboxylic acids is 1. The van der Waals surface area contributed by atoms with Crippen molar-refractivity contribution < 1.29 is 4.79 Å². The highest BCUT2D eigenvalue weighted by Crippen LogP contribution is 2.28. The van der Waals surface area contributed by atoms with Crippen molar-refractivity contribution in [1.82, 2.24) is 14.9 Å². The molecule has 1 fully saturated rings. The Kier molecular flexibility index (Phi) is 7.07. The average molecular weight is 493 g/mol. The molecule has 0 bridgehead atoms. The predicted octanol–water partition coefficient (Wildman–Crippen LogP) is 5.86. The van der Waals surface area contributed by atoms with Crippen molar-refractivity contribution in [2.75, 3.05) is 24.5 Å². The standard InChI is InChI=1S/C27H29ClN4OS/c1-19-9-12-31(13-10-19)25-16-24(28)29-27(30-25)34-18-20-5-4-8-22(15-20)26(33)32-14-11-21-6-2-3-7-23(21)17-32/h2-8,15-16,19H,9-14,17-18H2,1H3. The van der Waals surface area contributed by atoms with Crippen LogP contribution in [0.5, 0.6) is 0 Å². The van der Waals surface area contributed by atoms with Gasteiger partial charge in [-0.15, -0.1) is 0 Å². The number of thioether (sulfide) groups is 1. The van der Waals surface area contributed by atoms with Gasteiger partial charge in [0.1, 0.15) is 11.0 Å². The van der Waals surface area contributed by atoms with Crippen LogP contribution in [0.4, 0.5) is 5.82 Å². The Bertz CT molecular complexity index is 1180. The number of fused-ring (bicyclic) bond motifs is 1. The first kappa shape index (κ1) is 23.2. The maximum absolute atomic E-state index is 13.2. The molecule has 1 aromatic heterocycles. The number of amides is 1. The minimum absolute atomic E-state index is 0.0852. The fourth-order valence-corrected chi connectivity index (χ4v) is 5.67. The van der Waals surface area contributed by atoms with E-state index in [4.69, 9.17) is 16.6 Å². The summed E-state index contributed by atoms with van der Waals surface area (Å²) in [6.07, 6.45) is 3.25. The van der Waals surface area contributed by atoms with Crippen molar-refractivity contribution in [2.45, 2.75) is 43.6 Å². The monoisotopic (exact) mass is 492 g/mol. The summed E-state index contributed by atoms with van der Waals surface area (Å²) in [5, 5.41) is 1.14. The Morgan fingerprint density at radius 3 is 2.65 bits per heavy atom. The summed E-state index contributed by atoms with van der Waals surface area (Å²) in [6, 6.07) is 18.1. The predicted molar refractivity (Wildman–Crippen MR) is 139 cm³/mol. The number of halogens is 1. The Hall–Kier alpha value is -2.57. The quantitative estimate of drug-likeness (QED) is 0.254. The zero-order valence-corrected chi connectivity index (χ0v) is 21.0. The Balaban J connectivity index is 1.25. The van der Waals surface area contributed by atoms with E-state index in [0.717, 1.165) is 48.9 Å². The highest BCUT2D eigenvalue weighted by molar-refractivity contribution is 7.98. The van der Waals surface area contributed by atoms with E-state index in [-0.39, 0.29) is 5.91 Å². The van der Waals surface area contributed by atoms with Crippen molar-refractivity contribution in [3.8, 4) is 0 Å². The van der Waals surface area contributed by atoms with Gasteiger partial charge < -0.3 is 9.80 Å². The number of carbonyl (C=O) groups is 1. The molecule has 0 unspecified atom stereocenters. The zero-order valence-electron chi connectivity index (χ0n) is 19.4. The number of benzene rings is 2. The maximum atomic E-state index is 13.2. The molecule has 5 nitrogen and oxygen atoms in total. The molecule has 3 aromatic rings. The van der Waals surface area contributed by atoms with Gasteiger partial charge in [-0.05, 0) is 54.0 Å². The molecule has 0 spiro atoms. The Labute approximate surface area is 210 Å². The number of piperidine rings is 1. The molecule has 1 saturated heterocycles. The fourth-order valence-electron chi connectivity index (χ4n) is 4.64. The number of anilines is 1. The van der Waals surface area contributed by atoms with E-state index in [9.17, 15) is 4.79 Å².